The molecule has 8 heteroatoms. The Hall–Kier alpha value is -2.39. The second-order valence-electron chi connectivity index (χ2n) is 12.4. The molecule has 1 saturated carbocycles. The first kappa shape index (κ1) is 25.9. The van der Waals surface area contributed by atoms with E-state index in [1.165, 1.54) is 30.3 Å². The molecule has 38 heavy (non-hydrogen) atoms. The number of nitrogens with zero attached hydrogens (tertiary/aromatic N) is 3. The van der Waals surface area contributed by atoms with Gasteiger partial charge in [-0.3, -0.25) is 4.90 Å². The van der Waals surface area contributed by atoms with E-state index in [9.17, 15) is 0 Å². The van der Waals surface area contributed by atoms with E-state index >= 15 is 0 Å². The average molecular weight is 535 g/mol. The molecular formula is C30H42N4O3Si. The molecule has 0 spiro atoms. The van der Waals surface area contributed by atoms with E-state index in [4.69, 9.17) is 19.2 Å². The summed E-state index contributed by atoms with van der Waals surface area (Å²) in [5.41, 5.74) is 4.48. The highest BCUT2D eigenvalue weighted by Gasteiger charge is 2.37. The van der Waals surface area contributed by atoms with Gasteiger partial charge < -0.3 is 24.1 Å². The van der Waals surface area contributed by atoms with Crippen molar-refractivity contribution in [2.24, 2.45) is 0 Å². The van der Waals surface area contributed by atoms with Crippen molar-refractivity contribution in [3.63, 3.8) is 0 Å². The number of hydrogen-bond donors (Lipinski definition) is 1. The molecule has 6 rings (SSSR count). The van der Waals surface area contributed by atoms with Crippen molar-refractivity contribution < 1.29 is 14.2 Å². The van der Waals surface area contributed by atoms with Gasteiger partial charge >= 0.3 is 0 Å². The van der Waals surface area contributed by atoms with Crippen molar-refractivity contribution in [3.8, 4) is 5.75 Å². The largest absolute Gasteiger partial charge is 0.491 e. The number of aromatic nitrogens is 2. The Labute approximate surface area is 227 Å². The number of benzene rings is 2. The fourth-order valence-electron chi connectivity index (χ4n) is 5.76. The van der Waals surface area contributed by atoms with Gasteiger partial charge in [0, 0.05) is 39.3 Å². The lowest BCUT2D eigenvalue weighted by Gasteiger charge is -2.44. The molecule has 3 aromatic rings. The van der Waals surface area contributed by atoms with E-state index < -0.39 is 8.07 Å². The highest BCUT2D eigenvalue weighted by Crippen LogP contribution is 2.43. The molecule has 3 aliphatic rings. The summed E-state index contributed by atoms with van der Waals surface area (Å²) in [6.45, 7) is 14.0. The van der Waals surface area contributed by atoms with Gasteiger partial charge in [-0.1, -0.05) is 43.9 Å². The minimum absolute atomic E-state index is 0.0957. The Balaban J connectivity index is 1.32. The van der Waals surface area contributed by atoms with Crippen molar-refractivity contribution in [1.29, 1.82) is 0 Å². The Morgan fingerprint density at radius 3 is 2.74 bits per heavy atom. The predicted molar refractivity (Wildman–Crippen MR) is 155 cm³/mol. The van der Waals surface area contributed by atoms with E-state index in [0.717, 1.165) is 48.8 Å². The van der Waals surface area contributed by atoms with Crippen LogP contribution in [0, 0.1) is 0 Å². The summed E-state index contributed by atoms with van der Waals surface area (Å²) in [6, 6.07) is 16.5. The average Bonchev–Trinajstić information content (AvgIpc) is 3.67. The van der Waals surface area contributed by atoms with Crippen LogP contribution >= 0.6 is 0 Å². The number of morpholine rings is 1. The molecule has 1 aliphatic carbocycles. The normalized spacial score (nSPS) is 24.3. The maximum atomic E-state index is 6.27. The number of rotatable bonds is 9. The summed E-state index contributed by atoms with van der Waals surface area (Å²) in [5.74, 6) is 2.69. The van der Waals surface area contributed by atoms with Crippen LogP contribution in [0.4, 0.5) is 5.69 Å². The molecule has 1 saturated heterocycles. The fraction of sp³-hybridized carbons (Fsp3) is 0.567. The number of anilines is 1. The molecule has 2 fully saturated rings. The molecule has 3 atom stereocenters. The maximum absolute atomic E-state index is 6.27. The lowest BCUT2D eigenvalue weighted by Crippen LogP contribution is -2.54. The highest BCUT2D eigenvalue weighted by atomic mass is 28.3. The van der Waals surface area contributed by atoms with Crippen molar-refractivity contribution in [3.05, 3.63) is 53.9 Å². The second kappa shape index (κ2) is 10.6. The fourth-order valence-corrected chi connectivity index (χ4v) is 6.51. The summed E-state index contributed by atoms with van der Waals surface area (Å²) in [7, 11) is -1.13. The molecule has 0 amide bonds. The molecule has 1 aromatic heterocycles. The lowest BCUT2D eigenvalue weighted by atomic mass is 9.94. The summed E-state index contributed by atoms with van der Waals surface area (Å²) in [5, 5.41) is 3.96. The quantitative estimate of drug-likeness (QED) is 0.274. The van der Waals surface area contributed by atoms with Crippen LogP contribution < -0.4 is 10.1 Å². The summed E-state index contributed by atoms with van der Waals surface area (Å²) >= 11 is 0. The van der Waals surface area contributed by atoms with Crippen LogP contribution in [0.1, 0.15) is 43.1 Å². The third-order valence-corrected chi connectivity index (χ3v) is 9.77. The van der Waals surface area contributed by atoms with Gasteiger partial charge in [-0.05, 0) is 44.0 Å². The van der Waals surface area contributed by atoms with E-state index in [1.54, 1.807) is 0 Å². The highest BCUT2D eigenvalue weighted by molar-refractivity contribution is 6.76. The number of para-hydroxylation sites is 2. The zero-order chi connectivity index (χ0) is 26.3. The zero-order valence-electron chi connectivity index (χ0n) is 23.3. The van der Waals surface area contributed by atoms with Crippen molar-refractivity contribution in [2.75, 3.05) is 38.2 Å². The molecule has 0 radical (unpaired) electrons. The summed E-state index contributed by atoms with van der Waals surface area (Å²) in [6.07, 6.45) is 2.65. The molecule has 0 unspecified atom stereocenters. The van der Waals surface area contributed by atoms with Gasteiger partial charge in [0.25, 0.3) is 0 Å². The van der Waals surface area contributed by atoms with Gasteiger partial charge in [-0.15, -0.1) is 0 Å². The van der Waals surface area contributed by atoms with E-state index in [-0.39, 0.29) is 18.2 Å². The van der Waals surface area contributed by atoms with Crippen LogP contribution in [0.2, 0.25) is 25.7 Å². The molecule has 204 valence electrons. The second-order valence-corrected chi connectivity index (χ2v) is 18.0. The van der Waals surface area contributed by atoms with Gasteiger partial charge in [0.2, 0.25) is 0 Å². The SMILES string of the molecule is C[C@@H]1CN([C@H]2COc3ccccc3[C@@H]2Nc2cccc3c2nc(C2CC2)n3COCC[Si](C)(C)C)CCO1. The van der Waals surface area contributed by atoms with Crippen molar-refractivity contribution in [2.45, 2.75) is 76.3 Å². The molecule has 1 N–H and O–H groups in total. The first-order valence-corrected chi connectivity index (χ1v) is 18.0. The van der Waals surface area contributed by atoms with E-state index in [1.807, 2.05) is 0 Å². The standard InChI is InChI=1S/C30H42N4O3Si/c1-21-18-33(14-15-36-21)26-19-37-27-11-6-5-8-23(27)28(26)31-24-9-7-10-25-29(24)32-30(22-12-13-22)34(25)20-35-16-17-38(2,3)4/h5-11,21-22,26,28,31H,12-20H2,1-4H3/t21-,26+,28+/m1/s1. The third kappa shape index (κ3) is 5.50. The first-order chi connectivity index (χ1) is 18.4. The monoisotopic (exact) mass is 534 g/mol. The van der Waals surface area contributed by atoms with E-state index in [0.29, 0.717) is 19.3 Å². The Kier molecular flexibility index (Phi) is 7.24. The van der Waals surface area contributed by atoms with Gasteiger partial charge in [0.1, 0.15) is 30.4 Å². The number of nitrogens with one attached hydrogen (secondary N) is 1. The van der Waals surface area contributed by atoms with E-state index in [2.05, 4.69) is 83.8 Å². The molecule has 3 heterocycles. The topological polar surface area (TPSA) is 60.8 Å². The molecule has 2 aromatic carbocycles. The zero-order valence-corrected chi connectivity index (χ0v) is 24.3. The van der Waals surface area contributed by atoms with Crippen LogP contribution in [-0.4, -0.2) is 67.6 Å². The number of ether oxygens (including phenoxy) is 3. The van der Waals surface area contributed by atoms with Gasteiger partial charge in [-0.25, -0.2) is 4.98 Å². The van der Waals surface area contributed by atoms with Crippen molar-refractivity contribution in [1.82, 2.24) is 14.5 Å². The maximum Gasteiger partial charge on any atom is 0.124 e. The molecule has 7 nitrogen and oxygen atoms in total. The van der Waals surface area contributed by atoms with Crippen molar-refractivity contribution >= 4 is 24.8 Å². The molecule has 0 bridgehead atoms. The Morgan fingerprint density at radius 2 is 1.95 bits per heavy atom. The van der Waals surface area contributed by atoms with Crippen LogP contribution in [-0.2, 0) is 16.2 Å². The minimum Gasteiger partial charge on any atom is -0.491 e. The Morgan fingerprint density at radius 1 is 1.11 bits per heavy atom. The smallest absolute Gasteiger partial charge is 0.124 e. The number of fused-ring (bicyclic) bond motifs is 2. The number of hydrogen-bond acceptors (Lipinski definition) is 6. The van der Waals surface area contributed by atoms with Gasteiger partial charge in [-0.2, -0.15) is 0 Å². The third-order valence-electron chi connectivity index (χ3n) is 8.07. The summed E-state index contributed by atoms with van der Waals surface area (Å²) in [4.78, 5) is 7.77. The predicted octanol–water partition coefficient (Wildman–Crippen LogP) is 5.86. The Bertz CT molecular complexity index is 1270. The minimum atomic E-state index is -1.13. The van der Waals surface area contributed by atoms with Gasteiger partial charge in [0.05, 0.1) is 36.0 Å². The van der Waals surface area contributed by atoms with Crippen LogP contribution in [0.3, 0.4) is 0 Å². The van der Waals surface area contributed by atoms with Gasteiger partial charge in [0.15, 0.2) is 0 Å². The molecular weight excluding hydrogens is 492 g/mol. The van der Waals surface area contributed by atoms with Crippen LogP contribution in [0.25, 0.3) is 11.0 Å². The van der Waals surface area contributed by atoms with Crippen LogP contribution in [0.15, 0.2) is 42.5 Å². The first-order valence-electron chi connectivity index (χ1n) is 14.3. The molecule has 2 aliphatic heterocycles. The summed E-state index contributed by atoms with van der Waals surface area (Å²) < 4.78 is 20.7. The van der Waals surface area contributed by atoms with Crippen LogP contribution in [0.5, 0.6) is 5.75 Å². The number of imidazole rings is 1. The lowest BCUT2D eigenvalue weighted by molar-refractivity contribution is -0.0465.